The van der Waals surface area contributed by atoms with E-state index in [1.54, 1.807) is 37.3 Å². The number of amides is 1. The molecule has 2 aromatic carbocycles. The molecular formula is C22H25N3O5. The van der Waals surface area contributed by atoms with E-state index in [9.17, 15) is 19.7 Å². The summed E-state index contributed by atoms with van der Waals surface area (Å²) in [5.74, 6) is -0.791. The number of hydrogen-bond donors (Lipinski definition) is 2. The monoisotopic (exact) mass is 411 g/mol. The lowest BCUT2D eigenvalue weighted by molar-refractivity contribution is -0.384. The number of ether oxygens (including phenoxy) is 1. The molecule has 2 N–H and O–H groups in total. The summed E-state index contributed by atoms with van der Waals surface area (Å²) in [4.78, 5) is 35.2. The average Bonchev–Trinajstić information content (AvgIpc) is 3.26. The molecule has 2 aromatic rings. The number of nitro benzene ring substituents is 1. The van der Waals surface area contributed by atoms with E-state index in [-0.39, 0.29) is 23.8 Å². The maximum absolute atomic E-state index is 12.8. The zero-order chi connectivity index (χ0) is 21.5. The van der Waals surface area contributed by atoms with Crippen LogP contribution in [0.1, 0.15) is 58.9 Å². The van der Waals surface area contributed by atoms with Gasteiger partial charge >= 0.3 is 5.97 Å². The highest BCUT2D eigenvalue weighted by Gasteiger charge is 2.21. The van der Waals surface area contributed by atoms with Crippen molar-refractivity contribution >= 4 is 23.3 Å². The van der Waals surface area contributed by atoms with Gasteiger partial charge in [-0.15, -0.1) is 0 Å². The number of non-ortho nitro benzene ring substituents is 1. The molecule has 1 aliphatic carbocycles. The fraction of sp³-hybridized carbons (Fsp3) is 0.364. The molecular weight excluding hydrogens is 386 g/mol. The lowest BCUT2D eigenvalue weighted by Gasteiger charge is -2.17. The van der Waals surface area contributed by atoms with Crippen molar-refractivity contribution in [3.8, 4) is 0 Å². The molecule has 0 bridgehead atoms. The van der Waals surface area contributed by atoms with Gasteiger partial charge in [0.05, 0.1) is 22.7 Å². The van der Waals surface area contributed by atoms with Crippen molar-refractivity contribution in [1.82, 2.24) is 5.32 Å². The molecule has 0 aliphatic heterocycles. The van der Waals surface area contributed by atoms with Crippen LogP contribution in [0.3, 0.4) is 0 Å². The van der Waals surface area contributed by atoms with Crippen LogP contribution in [-0.2, 0) is 11.3 Å². The first-order valence-electron chi connectivity index (χ1n) is 10.1. The van der Waals surface area contributed by atoms with E-state index in [2.05, 4.69) is 10.6 Å². The Morgan fingerprint density at radius 2 is 1.83 bits per heavy atom. The normalized spacial score (nSPS) is 13.6. The molecule has 8 nitrogen and oxygen atoms in total. The Bertz CT molecular complexity index is 921. The number of nitro groups is 1. The van der Waals surface area contributed by atoms with Crippen LogP contribution in [0.25, 0.3) is 0 Å². The van der Waals surface area contributed by atoms with Gasteiger partial charge in [-0.3, -0.25) is 14.9 Å². The van der Waals surface area contributed by atoms with Crippen molar-refractivity contribution in [2.24, 2.45) is 0 Å². The van der Waals surface area contributed by atoms with Crippen LogP contribution in [-0.4, -0.2) is 29.4 Å². The van der Waals surface area contributed by atoms with Crippen LogP contribution in [0.5, 0.6) is 0 Å². The molecule has 1 aliphatic rings. The second kappa shape index (κ2) is 9.87. The third-order valence-corrected chi connectivity index (χ3v) is 5.09. The summed E-state index contributed by atoms with van der Waals surface area (Å²) >= 11 is 0. The van der Waals surface area contributed by atoms with Crippen molar-refractivity contribution < 1.29 is 19.2 Å². The van der Waals surface area contributed by atoms with Gasteiger partial charge in [0, 0.05) is 30.4 Å². The third kappa shape index (κ3) is 5.34. The molecule has 0 radical (unpaired) electrons. The predicted molar refractivity (Wildman–Crippen MR) is 113 cm³/mol. The Morgan fingerprint density at radius 1 is 1.13 bits per heavy atom. The fourth-order valence-electron chi connectivity index (χ4n) is 3.50. The van der Waals surface area contributed by atoms with Gasteiger partial charge in [0.1, 0.15) is 0 Å². The Morgan fingerprint density at radius 3 is 2.47 bits per heavy atom. The summed E-state index contributed by atoms with van der Waals surface area (Å²) in [7, 11) is 0. The molecule has 0 heterocycles. The van der Waals surface area contributed by atoms with Gasteiger partial charge in [0.25, 0.3) is 11.6 Å². The molecule has 8 heteroatoms. The predicted octanol–water partition coefficient (Wildman–Crippen LogP) is 4.06. The first-order chi connectivity index (χ1) is 14.5. The fourth-order valence-corrected chi connectivity index (χ4v) is 3.50. The Hall–Kier alpha value is -3.42. The summed E-state index contributed by atoms with van der Waals surface area (Å²) in [5.41, 5.74) is 1.96. The number of esters is 1. The molecule has 158 valence electrons. The minimum absolute atomic E-state index is 0.129. The number of nitrogens with one attached hydrogen (secondary N) is 2. The minimum atomic E-state index is -0.510. The van der Waals surface area contributed by atoms with Gasteiger partial charge in [-0.25, -0.2) is 4.79 Å². The van der Waals surface area contributed by atoms with Crippen LogP contribution < -0.4 is 10.6 Å². The molecule has 1 fully saturated rings. The molecule has 0 spiro atoms. The van der Waals surface area contributed by atoms with E-state index in [0.29, 0.717) is 17.9 Å². The van der Waals surface area contributed by atoms with Crippen molar-refractivity contribution in [3.05, 3.63) is 69.3 Å². The van der Waals surface area contributed by atoms with Gasteiger partial charge in [-0.2, -0.15) is 0 Å². The van der Waals surface area contributed by atoms with Gasteiger partial charge in [-0.05, 0) is 43.5 Å². The summed E-state index contributed by atoms with van der Waals surface area (Å²) in [6.07, 6.45) is 4.30. The molecule has 30 heavy (non-hydrogen) atoms. The van der Waals surface area contributed by atoms with Gasteiger partial charge in [0.15, 0.2) is 0 Å². The summed E-state index contributed by atoms with van der Waals surface area (Å²) < 4.78 is 4.95. The van der Waals surface area contributed by atoms with Crippen LogP contribution in [0.15, 0.2) is 42.5 Å². The first kappa shape index (κ1) is 21.3. The lowest BCUT2D eigenvalue weighted by atomic mass is 10.1. The molecule has 1 amide bonds. The number of anilines is 1. The third-order valence-electron chi connectivity index (χ3n) is 5.09. The van der Waals surface area contributed by atoms with E-state index in [1.165, 1.54) is 12.1 Å². The molecule has 0 atom stereocenters. The summed E-state index contributed by atoms with van der Waals surface area (Å²) in [6, 6.07) is 11.3. The highest BCUT2D eigenvalue weighted by Crippen LogP contribution is 2.27. The van der Waals surface area contributed by atoms with Crippen LogP contribution in [0, 0.1) is 10.1 Å². The highest BCUT2D eigenvalue weighted by atomic mass is 16.6. The molecule has 0 unspecified atom stereocenters. The zero-order valence-electron chi connectivity index (χ0n) is 16.8. The maximum atomic E-state index is 12.8. The van der Waals surface area contributed by atoms with Crippen molar-refractivity contribution in [2.75, 3.05) is 11.9 Å². The van der Waals surface area contributed by atoms with Crippen LogP contribution >= 0.6 is 0 Å². The van der Waals surface area contributed by atoms with Gasteiger partial charge in [0.2, 0.25) is 0 Å². The van der Waals surface area contributed by atoms with E-state index in [0.717, 1.165) is 31.2 Å². The van der Waals surface area contributed by atoms with Crippen molar-refractivity contribution in [1.29, 1.82) is 0 Å². The van der Waals surface area contributed by atoms with Crippen LogP contribution in [0.4, 0.5) is 11.4 Å². The molecule has 0 saturated heterocycles. The van der Waals surface area contributed by atoms with E-state index >= 15 is 0 Å². The largest absolute Gasteiger partial charge is 0.462 e. The second-order valence-electron chi connectivity index (χ2n) is 7.21. The van der Waals surface area contributed by atoms with E-state index < -0.39 is 16.8 Å². The number of carbonyl (C=O) groups is 2. The smallest absolute Gasteiger partial charge is 0.338 e. The van der Waals surface area contributed by atoms with Crippen LogP contribution in [0.2, 0.25) is 0 Å². The summed E-state index contributed by atoms with van der Waals surface area (Å²) in [6.45, 7) is 2.27. The number of rotatable bonds is 8. The number of nitrogens with zero attached hydrogens (tertiary/aromatic N) is 1. The number of carbonyl (C=O) groups excluding carboxylic acids is 2. The van der Waals surface area contributed by atoms with Crippen molar-refractivity contribution in [2.45, 2.75) is 45.2 Å². The quantitative estimate of drug-likeness (QED) is 0.385. The average molecular weight is 411 g/mol. The van der Waals surface area contributed by atoms with E-state index in [4.69, 9.17) is 4.74 Å². The highest BCUT2D eigenvalue weighted by molar-refractivity contribution is 6.00. The molecule has 1 saturated carbocycles. The van der Waals surface area contributed by atoms with Gasteiger partial charge < -0.3 is 15.4 Å². The van der Waals surface area contributed by atoms with Crippen molar-refractivity contribution in [3.63, 3.8) is 0 Å². The molecule has 3 rings (SSSR count). The lowest BCUT2D eigenvalue weighted by Crippen LogP contribution is -2.25. The Labute approximate surface area is 174 Å². The second-order valence-corrected chi connectivity index (χ2v) is 7.21. The Kier molecular flexibility index (Phi) is 7.00. The maximum Gasteiger partial charge on any atom is 0.338 e. The number of benzene rings is 2. The van der Waals surface area contributed by atoms with E-state index in [1.807, 2.05) is 0 Å². The Balaban J connectivity index is 1.70. The van der Waals surface area contributed by atoms with Gasteiger partial charge in [-0.1, -0.05) is 25.0 Å². The standard InChI is InChI=1S/C22H25N3O5/c1-2-30-22(27)16-9-7-15(8-10-16)14-23-21(26)19-13-18(25(28)29)11-12-20(19)24-17-5-3-4-6-17/h7-13,17,24H,2-6,14H2,1H3,(H,23,26). The topological polar surface area (TPSA) is 111 Å². The number of hydrogen-bond acceptors (Lipinski definition) is 6. The zero-order valence-corrected chi connectivity index (χ0v) is 16.8. The minimum Gasteiger partial charge on any atom is -0.462 e. The molecule has 0 aromatic heterocycles. The summed E-state index contributed by atoms with van der Waals surface area (Å²) in [5, 5.41) is 17.3. The SMILES string of the molecule is CCOC(=O)c1ccc(CNC(=O)c2cc([N+](=O)[O-])ccc2NC2CCCC2)cc1. The first-order valence-corrected chi connectivity index (χ1v) is 10.1.